The molecule has 1 aliphatic rings. The molecule has 120 valence electrons. The minimum absolute atomic E-state index is 0.145. The predicted molar refractivity (Wildman–Crippen MR) is 84.8 cm³/mol. The van der Waals surface area contributed by atoms with E-state index in [-0.39, 0.29) is 5.56 Å². The first kappa shape index (κ1) is 14.3. The topological polar surface area (TPSA) is 89.4 Å². The number of piperidine rings is 1. The lowest BCUT2D eigenvalue weighted by atomic mass is 9.95. The lowest BCUT2D eigenvalue weighted by molar-refractivity contribution is 0.369. The SMILES string of the molecule is Cc1nc(CC2CCCN(c3nn4c(=O)ccnc4s3)C2)no1. The Balaban J connectivity index is 1.54. The average Bonchev–Trinajstić information content (AvgIpc) is 3.15. The molecule has 0 amide bonds. The maximum absolute atomic E-state index is 11.8. The van der Waals surface area contributed by atoms with E-state index in [1.54, 1.807) is 6.92 Å². The summed E-state index contributed by atoms with van der Waals surface area (Å²) in [4.78, 5) is 23.1. The number of nitrogens with zero attached hydrogens (tertiary/aromatic N) is 6. The summed E-state index contributed by atoms with van der Waals surface area (Å²) in [6, 6.07) is 1.42. The van der Waals surface area contributed by atoms with E-state index in [0.29, 0.717) is 16.8 Å². The molecule has 9 heteroatoms. The first-order chi connectivity index (χ1) is 11.2. The van der Waals surface area contributed by atoms with Crippen LogP contribution in [0.25, 0.3) is 4.96 Å². The first-order valence-corrected chi connectivity index (χ1v) is 8.40. The van der Waals surface area contributed by atoms with Crippen LogP contribution in [0.1, 0.15) is 24.6 Å². The van der Waals surface area contributed by atoms with Crippen molar-refractivity contribution >= 4 is 21.4 Å². The first-order valence-electron chi connectivity index (χ1n) is 7.58. The standard InChI is InChI=1S/C14H16N6O2S/c1-9-16-11(18-22-9)7-10-3-2-6-19(8-10)14-17-20-12(21)4-5-15-13(20)23-14/h4-5,10H,2-3,6-8H2,1H3. The van der Waals surface area contributed by atoms with E-state index in [4.69, 9.17) is 4.52 Å². The van der Waals surface area contributed by atoms with Gasteiger partial charge in [0.1, 0.15) is 0 Å². The second-order valence-electron chi connectivity index (χ2n) is 5.75. The van der Waals surface area contributed by atoms with Crippen LogP contribution in [-0.4, -0.2) is 37.8 Å². The molecule has 1 unspecified atom stereocenters. The Bertz CT molecular complexity index is 885. The van der Waals surface area contributed by atoms with Gasteiger partial charge in [0, 0.05) is 38.7 Å². The molecule has 1 atom stereocenters. The Morgan fingerprint density at radius 1 is 1.48 bits per heavy atom. The molecular weight excluding hydrogens is 316 g/mol. The molecule has 3 aromatic heterocycles. The summed E-state index contributed by atoms with van der Waals surface area (Å²) in [5, 5.41) is 9.24. The van der Waals surface area contributed by atoms with Crippen molar-refractivity contribution in [2.24, 2.45) is 5.92 Å². The Morgan fingerprint density at radius 2 is 2.39 bits per heavy atom. The monoisotopic (exact) mass is 332 g/mol. The molecule has 0 spiro atoms. The van der Waals surface area contributed by atoms with Gasteiger partial charge in [0.05, 0.1) is 0 Å². The van der Waals surface area contributed by atoms with Crippen molar-refractivity contribution in [1.82, 2.24) is 24.7 Å². The number of hydrogen-bond acceptors (Lipinski definition) is 8. The van der Waals surface area contributed by atoms with Crippen molar-refractivity contribution < 1.29 is 4.52 Å². The van der Waals surface area contributed by atoms with Crippen LogP contribution in [0.5, 0.6) is 0 Å². The van der Waals surface area contributed by atoms with E-state index in [1.165, 1.54) is 28.1 Å². The molecule has 1 fully saturated rings. The van der Waals surface area contributed by atoms with Crippen LogP contribution in [0.3, 0.4) is 0 Å². The lowest BCUT2D eigenvalue weighted by Crippen LogP contribution is -2.36. The summed E-state index contributed by atoms with van der Waals surface area (Å²) >= 11 is 1.45. The quantitative estimate of drug-likeness (QED) is 0.714. The smallest absolute Gasteiger partial charge is 0.275 e. The van der Waals surface area contributed by atoms with Crippen LogP contribution in [0, 0.1) is 12.8 Å². The van der Waals surface area contributed by atoms with E-state index < -0.39 is 0 Å². The fourth-order valence-electron chi connectivity index (χ4n) is 2.95. The summed E-state index contributed by atoms with van der Waals surface area (Å²) in [7, 11) is 0. The van der Waals surface area contributed by atoms with Crippen LogP contribution in [0.2, 0.25) is 0 Å². The molecule has 8 nitrogen and oxygen atoms in total. The van der Waals surface area contributed by atoms with Gasteiger partial charge >= 0.3 is 0 Å². The van der Waals surface area contributed by atoms with Crippen molar-refractivity contribution in [3.8, 4) is 0 Å². The van der Waals surface area contributed by atoms with E-state index in [0.717, 1.165) is 43.3 Å². The van der Waals surface area contributed by atoms with Crippen molar-refractivity contribution in [2.45, 2.75) is 26.2 Å². The number of anilines is 1. The van der Waals surface area contributed by atoms with Crippen molar-refractivity contribution in [1.29, 1.82) is 0 Å². The Hall–Kier alpha value is -2.29. The average molecular weight is 332 g/mol. The Kier molecular flexibility index (Phi) is 3.56. The normalized spacial score (nSPS) is 18.7. The molecule has 0 radical (unpaired) electrons. The number of aryl methyl sites for hydroxylation is 1. The summed E-state index contributed by atoms with van der Waals surface area (Å²) in [6.07, 6.45) is 4.54. The van der Waals surface area contributed by atoms with Gasteiger partial charge in [-0.1, -0.05) is 16.5 Å². The van der Waals surface area contributed by atoms with Gasteiger partial charge in [-0.2, -0.15) is 9.50 Å². The van der Waals surface area contributed by atoms with Crippen LogP contribution in [0.15, 0.2) is 21.6 Å². The molecule has 3 aromatic rings. The molecule has 1 saturated heterocycles. The van der Waals surface area contributed by atoms with Gasteiger partial charge in [0.2, 0.25) is 16.0 Å². The third-order valence-electron chi connectivity index (χ3n) is 3.99. The van der Waals surface area contributed by atoms with Gasteiger partial charge in [0.15, 0.2) is 5.82 Å². The van der Waals surface area contributed by atoms with Crippen molar-refractivity contribution in [3.05, 3.63) is 34.3 Å². The number of rotatable bonds is 3. The minimum Gasteiger partial charge on any atom is -0.346 e. The molecule has 0 saturated carbocycles. The van der Waals surface area contributed by atoms with E-state index in [1.807, 2.05) is 0 Å². The maximum atomic E-state index is 11.8. The molecule has 23 heavy (non-hydrogen) atoms. The molecule has 0 aromatic carbocycles. The zero-order chi connectivity index (χ0) is 15.8. The molecule has 1 aliphatic heterocycles. The van der Waals surface area contributed by atoms with Gasteiger partial charge in [-0.25, -0.2) is 4.98 Å². The molecular formula is C14H16N6O2S. The van der Waals surface area contributed by atoms with E-state index >= 15 is 0 Å². The summed E-state index contributed by atoms with van der Waals surface area (Å²) < 4.78 is 6.41. The van der Waals surface area contributed by atoms with Crippen molar-refractivity contribution in [2.75, 3.05) is 18.0 Å². The van der Waals surface area contributed by atoms with E-state index in [2.05, 4.69) is 25.1 Å². The van der Waals surface area contributed by atoms with Crippen LogP contribution >= 0.6 is 11.3 Å². The third-order valence-corrected chi connectivity index (χ3v) is 4.97. The van der Waals surface area contributed by atoms with Gasteiger partial charge in [-0.05, 0) is 18.8 Å². The zero-order valence-electron chi connectivity index (χ0n) is 12.7. The Morgan fingerprint density at radius 3 is 3.17 bits per heavy atom. The highest BCUT2D eigenvalue weighted by Crippen LogP contribution is 2.27. The molecule has 4 rings (SSSR count). The molecule has 0 bridgehead atoms. The number of fused-ring (bicyclic) bond motifs is 1. The summed E-state index contributed by atoms with van der Waals surface area (Å²) in [6.45, 7) is 3.62. The lowest BCUT2D eigenvalue weighted by Gasteiger charge is -2.31. The van der Waals surface area contributed by atoms with Gasteiger partial charge < -0.3 is 9.42 Å². The van der Waals surface area contributed by atoms with Gasteiger partial charge in [-0.3, -0.25) is 4.79 Å². The van der Waals surface area contributed by atoms with Crippen LogP contribution in [0.4, 0.5) is 5.13 Å². The van der Waals surface area contributed by atoms with Crippen molar-refractivity contribution in [3.63, 3.8) is 0 Å². The minimum atomic E-state index is -0.145. The highest BCUT2D eigenvalue weighted by atomic mass is 32.1. The van der Waals surface area contributed by atoms with E-state index in [9.17, 15) is 4.79 Å². The molecule has 0 N–H and O–H groups in total. The highest BCUT2D eigenvalue weighted by molar-refractivity contribution is 7.20. The van der Waals surface area contributed by atoms with Crippen LogP contribution < -0.4 is 10.5 Å². The van der Waals surface area contributed by atoms with Crippen LogP contribution in [-0.2, 0) is 6.42 Å². The fraction of sp³-hybridized carbons (Fsp3) is 0.500. The second kappa shape index (κ2) is 5.73. The largest absolute Gasteiger partial charge is 0.346 e. The van der Waals surface area contributed by atoms with Gasteiger partial charge in [0.25, 0.3) is 5.56 Å². The second-order valence-corrected chi connectivity index (χ2v) is 6.68. The van der Waals surface area contributed by atoms with Gasteiger partial charge in [-0.15, -0.1) is 5.10 Å². The Labute approximate surface area is 135 Å². The highest BCUT2D eigenvalue weighted by Gasteiger charge is 2.24. The zero-order valence-corrected chi connectivity index (χ0v) is 13.5. The third kappa shape index (κ3) is 2.83. The summed E-state index contributed by atoms with van der Waals surface area (Å²) in [5.74, 6) is 1.82. The maximum Gasteiger partial charge on any atom is 0.275 e. The number of hydrogen-bond donors (Lipinski definition) is 0. The molecule has 0 aliphatic carbocycles. The number of aromatic nitrogens is 5. The summed E-state index contributed by atoms with van der Waals surface area (Å²) in [5.41, 5.74) is -0.145. The molecule has 4 heterocycles. The fourth-order valence-corrected chi connectivity index (χ4v) is 3.86. The predicted octanol–water partition coefficient (Wildman–Crippen LogP) is 1.30.